The minimum Gasteiger partial charge on any atom is -0.496 e. The summed E-state index contributed by atoms with van der Waals surface area (Å²) in [5.41, 5.74) is 3.66. The highest BCUT2D eigenvalue weighted by Crippen LogP contribution is 2.34. The van der Waals surface area contributed by atoms with E-state index in [9.17, 15) is 4.39 Å². The molecule has 1 unspecified atom stereocenters. The van der Waals surface area contributed by atoms with Gasteiger partial charge < -0.3 is 4.74 Å². The Bertz CT molecular complexity index is 417. The molecule has 112 valence electrons. The van der Waals surface area contributed by atoms with Crippen molar-refractivity contribution in [1.29, 1.82) is 0 Å². The van der Waals surface area contributed by atoms with E-state index in [1.807, 2.05) is 0 Å². The Morgan fingerprint density at radius 2 is 2.00 bits per heavy atom. The van der Waals surface area contributed by atoms with Crippen LogP contribution in [0.3, 0.4) is 0 Å². The monoisotopic (exact) mass is 280 g/mol. The van der Waals surface area contributed by atoms with Gasteiger partial charge in [0.15, 0.2) is 0 Å². The third-order valence-electron chi connectivity index (χ3n) is 4.31. The molecule has 0 bridgehead atoms. The molecule has 1 fully saturated rings. The summed E-state index contributed by atoms with van der Waals surface area (Å²) in [6.07, 6.45) is 8.69. The zero-order chi connectivity index (χ0) is 14.4. The van der Waals surface area contributed by atoms with Crippen molar-refractivity contribution in [2.45, 2.75) is 51.0 Å². The average Bonchev–Trinajstić information content (AvgIpc) is 2.73. The lowest BCUT2D eigenvalue weighted by molar-refractivity contribution is 0.344. The van der Waals surface area contributed by atoms with E-state index >= 15 is 0 Å². The molecule has 0 spiro atoms. The van der Waals surface area contributed by atoms with Crippen LogP contribution in [0.15, 0.2) is 18.2 Å². The Labute approximate surface area is 120 Å². The number of nitrogens with two attached hydrogens (primary N) is 1. The maximum Gasteiger partial charge on any atom is 0.123 e. The Hall–Kier alpha value is -1.13. The van der Waals surface area contributed by atoms with E-state index in [1.165, 1.54) is 50.7 Å². The SMILES string of the molecule is COc1ccc(F)cc1C(CC1CCCCCC1)NN. The molecule has 0 amide bonds. The predicted molar refractivity (Wildman–Crippen MR) is 78.8 cm³/mol. The van der Waals surface area contributed by atoms with E-state index in [2.05, 4.69) is 5.43 Å². The first kappa shape index (κ1) is 15.3. The maximum absolute atomic E-state index is 13.5. The fourth-order valence-corrected chi connectivity index (χ4v) is 3.20. The zero-order valence-electron chi connectivity index (χ0n) is 12.2. The fraction of sp³-hybridized carbons (Fsp3) is 0.625. The van der Waals surface area contributed by atoms with Gasteiger partial charge >= 0.3 is 0 Å². The number of hydrogen-bond acceptors (Lipinski definition) is 3. The molecule has 3 nitrogen and oxygen atoms in total. The molecule has 0 radical (unpaired) electrons. The molecule has 0 aliphatic heterocycles. The van der Waals surface area contributed by atoms with Gasteiger partial charge in [0.2, 0.25) is 0 Å². The van der Waals surface area contributed by atoms with Gasteiger partial charge in [-0.1, -0.05) is 38.5 Å². The van der Waals surface area contributed by atoms with Crippen LogP contribution in [0.4, 0.5) is 4.39 Å². The van der Waals surface area contributed by atoms with Crippen LogP contribution in [0.25, 0.3) is 0 Å². The Balaban J connectivity index is 2.12. The van der Waals surface area contributed by atoms with Crippen molar-refractivity contribution in [1.82, 2.24) is 5.43 Å². The number of hydrazine groups is 1. The summed E-state index contributed by atoms with van der Waals surface area (Å²) in [5, 5.41) is 0. The topological polar surface area (TPSA) is 47.3 Å². The van der Waals surface area contributed by atoms with Crippen LogP contribution in [-0.2, 0) is 0 Å². The molecule has 2 rings (SSSR count). The molecule has 4 heteroatoms. The zero-order valence-corrected chi connectivity index (χ0v) is 12.2. The van der Waals surface area contributed by atoms with Gasteiger partial charge in [0.05, 0.1) is 7.11 Å². The van der Waals surface area contributed by atoms with Crippen molar-refractivity contribution in [3.8, 4) is 5.75 Å². The highest BCUT2D eigenvalue weighted by atomic mass is 19.1. The van der Waals surface area contributed by atoms with Gasteiger partial charge in [-0.25, -0.2) is 4.39 Å². The van der Waals surface area contributed by atoms with Crippen molar-refractivity contribution >= 4 is 0 Å². The molecule has 0 aromatic heterocycles. The molecule has 1 atom stereocenters. The molecule has 1 saturated carbocycles. The maximum atomic E-state index is 13.5. The van der Waals surface area contributed by atoms with E-state index in [0.29, 0.717) is 11.7 Å². The smallest absolute Gasteiger partial charge is 0.123 e. The van der Waals surface area contributed by atoms with Gasteiger partial charge in [-0.2, -0.15) is 0 Å². The van der Waals surface area contributed by atoms with Crippen molar-refractivity contribution in [2.24, 2.45) is 11.8 Å². The second-order valence-electron chi connectivity index (χ2n) is 5.70. The summed E-state index contributed by atoms with van der Waals surface area (Å²) in [4.78, 5) is 0. The summed E-state index contributed by atoms with van der Waals surface area (Å²) in [6, 6.07) is 4.56. The predicted octanol–water partition coefficient (Wildman–Crippen LogP) is 3.70. The lowest BCUT2D eigenvalue weighted by atomic mass is 9.89. The van der Waals surface area contributed by atoms with Crippen LogP contribution >= 0.6 is 0 Å². The standard InChI is InChI=1S/C16H25FN2O/c1-20-16-9-8-13(17)11-14(16)15(19-18)10-12-6-4-2-3-5-7-12/h8-9,11-12,15,19H,2-7,10,18H2,1H3. The Kier molecular flexibility index (Phi) is 5.80. The first-order chi connectivity index (χ1) is 9.74. The molecule has 1 aromatic carbocycles. The third kappa shape index (κ3) is 3.93. The van der Waals surface area contributed by atoms with Crippen molar-refractivity contribution < 1.29 is 9.13 Å². The lowest BCUT2D eigenvalue weighted by Gasteiger charge is -2.24. The molecule has 0 saturated heterocycles. The fourth-order valence-electron chi connectivity index (χ4n) is 3.20. The minimum absolute atomic E-state index is 0.0521. The molecule has 3 N–H and O–H groups in total. The van der Waals surface area contributed by atoms with E-state index in [0.717, 1.165) is 12.0 Å². The van der Waals surface area contributed by atoms with Crippen LogP contribution < -0.4 is 16.0 Å². The number of benzene rings is 1. The van der Waals surface area contributed by atoms with Gasteiger partial charge in [0, 0.05) is 11.6 Å². The quantitative estimate of drug-likeness (QED) is 0.491. The van der Waals surface area contributed by atoms with Crippen LogP contribution in [0, 0.1) is 11.7 Å². The van der Waals surface area contributed by atoms with Gasteiger partial charge in [-0.15, -0.1) is 0 Å². The van der Waals surface area contributed by atoms with Crippen molar-refractivity contribution in [3.05, 3.63) is 29.6 Å². The highest BCUT2D eigenvalue weighted by Gasteiger charge is 2.21. The number of hydrogen-bond donors (Lipinski definition) is 2. The molecule has 20 heavy (non-hydrogen) atoms. The largest absolute Gasteiger partial charge is 0.496 e. The average molecular weight is 280 g/mol. The van der Waals surface area contributed by atoms with Crippen molar-refractivity contribution in [3.63, 3.8) is 0 Å². The van der Waals surface area contributed by atoms with E-state index in [1.54, 1.807) is 13.2 Å². The molecular weight excluding hydrogens is 255 g/mol. The van der Waals surface area contributed by atoms with Crippen LogP contribution in [0.5, 0.6) is 5.75 Å². The molecular formula is C16H25FN2O. The molecule has 0 heterocycles. The summed E-state index contributed by atoms with van der Waals surface area (Å²) >= 11 is 0. The number of rotatable bonds is 5. The molecule has 1 aromatic rings. The van der Waals surface area contributed by atoms with Gasteiger partial charge in [0.25, 0.3) is 0 Å². The van der Waals surface area contributed by atoms with Crippen LogP contribution in [-0.4, -0.2) is 7.11 Å². The van der Waals surface area contributed by atoms with E-state index in [-0.39, 0.29) is 11.9 Å². The summed E-state index contributed by atoms with van der Waals surface area (Å²) < 4.78 is 18.8. The normalized spacial score (nSPS) is 18.6. The summed E-state index contributed by atoms with van der Waals surface area (Å²) in [7, 11) is 1.61. The minimum atomic E-state index is -0.248. The van der Waals surface area contributed by atoms with Gasteiger partial charge in [-0.3, -0.25) is 11.3 Å². The third-order valence-corrected chi connectivity index (χ3v) is 4.31. The second-order valence-corrected chi connectivity index (χ2v) is 5.70. The Morgan fingerprint density at radius 3 is 2.60 bits per heavy atom. The lowest BCUT2D eigenvalue weighted by Crippen LogP contribution is -2.30. The van der Waals surface area contributed by atoms with E-state index < -0.39 is 0 Å². The molecule has 1 aliphatic carbocycles. The summed E-state index contributed by atoms with van der Waals surface area (Å²) in [6.45, 7) is 0. The molecule has 1 aliphatic rings. The Morgan fingerprint density at radius 1 is 1.30 bits per heavy atom. The highest BCUT2D eigenvalue weighted by molar-refractivity contribution is 5.36. The first-order valence-electron chi connectivity index (χ1n) is 7.54. The van der Waals surface area contributed by atoms with Gasteiger partial charge in [-0.05, 0) is 30.5 Å². The van der Waals surface area contributed by atoms with E-state index in [4.69, 9.17) is 10.6 Å². The first-order valence-corrected chi connectivity index (χ1v) is 7.54. The number of halogens is 1. The number of ether oxygens (including phenoxy) is 1. The van der Waals surface area contributed by atoms with Gasteiger partial charge in [0.1, 0.15) is 11.6 Å². The van der Waals surface area contributed by atoms with Crippen LogP contribution in [0.2, 0.25) is 0 Å². The van der Waals surface area contributed by atoms with Crippen molar-refractivity contribution in [2.75, 3.05) is 7.11 Å². The number of nitrogens with one attached hydrogen (secondary N) is 1. The summed E-state index contributed by atoms with van der Waals surface area (Å²) in [5.74, 6) is 6.81. The second kappa shape index (κ2) is 7.60. The van der Waals surface area contributed by atoms with Crippen LogP contribution in [0.1, 0.15) is 56.6 Å². The number of methoxy groups -OCH3 is 1.